The molecule has 0 spiro atoms. The first-order valence-corrected chi connectivity index (χ1v) is 4.75. The van der Waals surface area contributed by atoms with Gasteiger partial charge in [0.1, 0.15) is 5.60 Å². The fourth-order valence-electron chi connectivity index (χ4n) is 1.63. The zero-order chi connectivity index (χ0) is 9.31. The third kappa shape index (κ3) is 1.46. The van der Waals surface area contributed by atoms with E-state index >= 15 is 0 Å². The molecule has 0 aliphatic carbocycles. The first-order chi connectivity index (χ1) is 6.27. The van der Waals surface area contributed by atoms with E-state index in [4.69, 9.17) is 22.1 Å². The van der Waals surface area contributed by atoms with Crippen LogP contribution in [-0.4, -0.2) is 13.2 Å². The number of benzene rings is 1. The fourth-order valence-corrected chi connectivity index (χ4v) is 1.82. The molecule has 2 nitrogen and oxygen atoms in total. The van der Waals surface area contributed by atoms with Gasteiger partial charge < -0.3 is 10.5 Å². The van der Waals surface area contributed by atoms with Crippen LogP contribution in [0.5, 0.6) is 0 Å². The van der Waals surface area contributed by atoms with Gasteiger partial charge in [0.15, 0.2) is 0 Å². The van der Waals surface area contributed by atoms with Crippen molar-refractivity contribution in [3.63, 3.8) is 0 Å². The lowest BCUT2D eigenvalue weighted by atomic mass is 9.87. The summed E-state index contributed by atoms with van der Waals surface area (Å²) in [7, 11) is 0. The highest BCUT2D eigenvalue weighted by Gasteiger charge is 2.38. The molecule has 1 aliphatic rings. The zero-order valence-electron chi connectivity index (χ0n) is 7.29. The molecule has 13 heavy (non-hydrogen) atoms. The summed E-state index contributed by atoms with van der Waals surface area (Å²) in [6, 6.07) is 7.72. The van der Waals surface area contributed by atoms with Crippen molar-refractivity contribution in [3.05, 3.63) is 34.9 Å². The molecule has 0 radical (unpaired) electrons. The van der Waals surface area contributed by atoms with Crippen LogP contribution in [-0.2, 0) is 10.3 Å². The Labute approximate surface area is 82.6 Å². The summed E-state index contributed by atoms with van der Waals surface area (Å²) < 4.78 is 5.52. The largest absolute Gasteiger partial charge is 0.369 e. The molecular formula is C10H12ClNO. The number of hydrogen-bond acceptors (Lipinski definition) is 2. The molecule has 0 saturated carbocycles. The van der Waals surface area contributed by atoms with Crippen molar-refractivity contribution in [2.75, 3.05) is 13.2 Å². The van der Waals surface area contributed by atoms with Crippen molar-refractivity contribution < 1.29 is 4.74 Å². The molecule has 3 heteroatoms. The van der Waals surface area contributed by atoms with Crippen LogP contribution >= 0.6 is 11.6 Å². The highest BCUT2D eigenvalue weighted by atomic mass is 35.5. The summed E-state index contributed by atoms with van der Waals surface area (Å²) >= 11 is 5.89. The summed E-state index contributed by atoms with van der Waals surface area (Å²) in [4.78, 5) is 0. The Balaban J connectivity index is 2.33. The van der Waals surface area contributed by atoms with Gasteiger partial charge in [0.25, 0.3) is 0 Å². The van der Waals surface area contributed by atoms with Crippen molar-refractivity contribution in [1.82, 2.24) is 0 Å². The molecule has 1 aromatic rings. The molecule has 1 aliphatic heterocycles. The van der Waals surface area contributed by atoms with Gasteiger partial charge in [-0.1, -0.05) is 23.7 Å². The molecule has 70 valence electrons. The maximum atomic E-state index is 5.89. The molecule has 2 N–H and O–H groups in total. The van der Waals surface area contributed by atoms with Crippen LogP contribution in [0.4, 0.5) is 0 Å². The molecule has 1 heterocycles. The SMILES string of the molecule is NC[C@]1(c2cccc(Cl)c2)CCO1. The summed E-state index contributed by atoms with van der Waals surface area (Å²) in [5.74, 6) is 0. The lowest BCUT2D eigenvalue weighted by Gasteiger charge is -2.41. The Morgan fingerprint density at radius 3 is 2.77 bits per heavy atom. The summed E-state index contributed by atoms with van der Waals surface area (Å²) in [6.07, 6.45) is 0.990. The molecule has 1 aromatic carbocycles. The highest BCUT2D eigenvalue weighted by Crippen LogP contribution is 2.36. The van der Waals surface area contributed by atoms with Crippen LogP contribution < -0.4 is 5.73 Å². The third-order valence-electron chi connectivity index (χ3n) is 2.56. The molecule has 0 aromatic heterocycles. The average Bonchev–Trinajstić information content (AvgIpc) is 2.03. The van der Waals surface area contributed by atoms with E-state index in [1.165, 1.54) is 0 Å². The molecule has 2 rings (SSSR count). The minimum absolute atomic E-state index is 0.259. The lowest BCUT2D eigenvalue weighted by molar-refractivity contribution is -0.146. The molecule has 1 atom stereocenters. The van der Waals surface area contributed by atoms with Crippen molar-refractivity contribution in [3.8, 4) is 0 Å². The average molecular weight is 198 g/mol. The molecule has 0 amide bonds. The van der Waals surface area contributed by atoms with E-state index in [0.717, 1.165) is 23.6 Å². The Bertz CT molecular complexity index is 304. The molecule has 0 bridgehead atoms. The maximum Gasteiger partial charge on any atom is 0.107 e. The van der Waals surface area contributed by atoms with E-state index in [1.807, 2.05) is 24.3 Å². The number of hydrogen-bond donors (Lipinski definition) is 1. The Hall–Kier alpha value is -0.570. The first-order valence-electron chi connectivity index (χ1n) is 4.37. The predicted octanol–water partition coefficient (Wildman–Crippen LogP) is 1.91. The summed E-state index contributed by atoms with van der Waals surface area (Å²) in [5, 5.41) is 0.737. The van der Waals surface area contributed by atoms with Gasteiger partial charge in [-0.15, -0.1) is 0 Å². The predicted molar refractivity (Wildman–Crippen MR) is 52.8 cm³/mol. The van der Waals surface area contributed by atoms with Crippen LogP contribution in [0.3, 0.4) is 0 Å². The quantitative estimate of drug-likeness (QED) is 0.786. The van der Waals surface area contributed by atoms with E-state index in [0.29, 0.717) is 6.54 Å². The van der Waals surface area contributed by atoms with Crippen LogP contribution in [0.2, 0.25) is 5.02 Å². The van der Waals surface area contributed by atoms with Crippen LogP contribution in [0.1, 0.15) is 12.0 Å². The standard InChI is InChI=1S/C10H12ClNO/c11-9-3-1-2-8(6-9)10(7-12)4-5-13-10/h1-3,6H,4-5,7,12H2/t10-/m0/s1. The Morgan fingerprint density at radius 2 is 2.31 bits per heavy atom. The second kappa shape index (κ2) is 3.29. The molecule has 1 saturated heterocycles. The summed E-state index contributed by atoms with van der Waals surface area (Å²) in [5.41, 5.74) is 6.52. The van der Waals surface area contributed by atoms with Crippen molar-refractivity contribution in [1.29, 1.82) is 0 Å². The highest BCUT2D eigenvalue weighted by molar-refractivity contribution is 6.30. The van der Waals surface area contributed by atoms with Crippen LogP contribution in [0.25, 0.3) is 0 Å². The number of nitrogens with two attached hydrogens (primary N) is 1. The van der Waals surface area contributed by atoms with Crippen molar-refractivity contribution in [2.45, 2.75) is 12.0 Å². The van der Waals surface area contributed by atoms with Gasteiger partial charge in [-0.05, 0) is 17.7 Å². The topological polar surface area (TPSA) is 35.2 Å². The summed E-state index contributed by atoms with van der Waals surface area (Å²) in [6.45, 7) is 1.32. The van der Waals surface area contributed by atoms with Gasteiger partial charge in [0.2, 0.25) is 0 Å². The van der Waals surface area contributed by atoms with E-state index < -0.39 is 0 Å². The van der Waals surface area contributed by atoms with Crippen LogP contribution in [0, 0.1) is 0 Å². The Kier molecular flexibility index (Phi) is 2.28. The van der Waals surface area contributed by atoms with Gasteiger partial charge in [-0.2, -0.15) is 0 Å². The van der Waals surface area contributed by atoms with Gasteiger partial charge in [0, 0.05) is 18.0 Å². The monoisotopic (exact) mass is 197 g/mol. The zero-order valence-corrected chi connectivity index (χ0v) is 8.05. The number of rotatable bonds is 2. The lowest BCUT2D eigenvalue weighted by Crippen LogP contribution is -2.46. The maximum absolute atomic E-state index is 5.89. The fraction of sp³-hybridized carbons (Fsp3) is 0.400. The van der Waals surface area contributed by atoms with Gasteiger partial charge in [-0.3, -0.25) is 0 Å². The number of ether oxygens (including phenoxy) is 1. The molecule has 0 unspecified atom stereocenters. The minimum Gasteiger partial charge on any atom is -0.369 e. The second-order valence-corrected chi connectivity index (χ2v) is 3.74. The van der Waals surface area contributed by atoms with Gasteiger partial charge in [0.05, 0.1) is 6.61 Å². The van der Waals surface area contributed by atoms with E-state index in [-0.39, 0.29) is 5.60 Å². The third-order valence-corrected chi connectivity index (χ3v) is 2.80. The Morgan fingerprint density at radius 1 is 1.54 bits per heavy atom. The van der Waals surface area contributed by atoms with E-state index in [2.05, 4.69) is 0 Å². The van der Waals surface area contributed by atoms with Crippen molar-refractivity contribution >= 4 is 11.6 Å². The van der Waals surface area contributed by atoms with E-state index in [1.54, 1.807) is 0 Å². The molecular weight excluding hydrogens is 186 g/mol. The van der Waals surface area contributed by atoms with E-state index in [9.17, 15) is 0 Å². The smallest absolute Gasteiger partial charge is 0.107 e. The minimum atomic E-state index is -0.259. The number of halogens is 1. The second-order valence-electron chi connectivity index (χ2n) is 3.31. The molecule has 1 fully saturated rings. The first kappa shape index (κ1) is 9.00. The normalized spacial score (nSPS) is 26.9. The van der Waals surface area contributed by atoms with Gasteiger partial charge >= 0.3 is 0 Å². The van der Waals surface area contributed by atoms with Crippen LogP contribution in [0.15, 0.2) is 24.3 Å². The van der Waals surface area contributed by atoms with Gasteiger partial charge in [-0.25, -0.2) is 0 Å². The van der Waals surface area contributed by atoms with Crippen molar-refractivity contribution in [2.24, 2.45) is 5.73 Å².